The van der Waals surface area contributed by atoms with Gasteiger partial charge in [0.1, 0.15) is 12.4 Å². The molecule has 0 aliphatic carbocycles. The lowest BCUT2D eigenvalue weighted by Gasteiger charge is -2.07. The minimum atomic E-state index is 0.207. The maximum Gasteiger partial charge on any atom is 0.225 e. The van der Waals surface area contributed by atoms with Crippen LogP contribution in [0.4, 0.5) is 11.8 Å². The third-order valence-electron chi connectivity index (χ3n) is 2.71. The van der Waals surface area contributed by atoms with E-state index in [0.717, 1.165) is 18.5 Å². The number of ether oxygens (including phenoxy) is 1. The highest BCUT2D eigenvalue weighted by molar-refractivity contribution is 5.49. The van der Waals surface area contributed by atoms with Crippen molar-refractivity contribution in [2.45, 2.75) is 13.3 Å². The molecule has 1 aromatic carbocycles. The van der Waals surface area contributed by atoms with Gasteiger partial charge in [-0.1, -0.05) is 43.3 Å². The van der Waals surface area contributed by atoms with Crippen molar-refractivity contribution in [2.75, 3.05) is 24.2 Å². The number of rotatable bonds is 7. The predicted octanol–water partition coefficient (Wildman–Crippen LogP) is 2.97. The molecule has 0 bridgehead atoms. The second kappa shape index (κ2) is 7.89. The summed E-state index contributed by atoms with van der Waals surface area (Å²) < 4.78 is 5.57. The molecular formula is C16H20N4O. The second-order valence-corrected chi connectivity index (χ2v) is 4.50. The molecule has 0 aliphatic rings. The van der Waals surface area contributed by atoms with E-state index in [9.17, 15) is 0 Å². The van der Waals surface area contributed by atoms with Crippen molar-refractivity contribution in [2.24, 2.45) is 0 Å². The Morgan fingerprint density at radius 2 is 2.05 bits per heavy atom. The maximum atomic E-state index is 5.67. The normalized spacial score (nSPS) is 10.7. The van der Waals surface area contributed by atoms with Crippen LogP contribution in [-0.2, 0) is 0 Å². The summed E-state index contributed by atoms with van der Waals surface area (Å²) in [6, 6.07) is 11.8. The molecule has 0 amide bonds. The van der Waals surface area contributed by atoms with E-state index < -0.39 is 0 Å². The molecule has 2 aromatic rings. The fourth-order valence-electron chi connectivity index (χ4n) is 1.74. The average Bonchev–Trinajstić information content (AvgIpc) is 2.50. The zero-order valence-corrected chi connectivity index (χ0v) is 12.1. The van der Waals surface area contributed by atoms with Gasteiger partial charge in [-0.3, -0.25) is 0 Å². The van der Waals surface area contributed by atoms with E-state index in [-0.39, 0.29) is 5.95 Å². The second-order valence-electron chi connectivity index (χ2n) is 4.50. The molecular weight excluding hydrogens is 264 g/mol. The van der Waals surface area contributed by atoms with Crippen LogP contribution >= 0.6 is 0 Å². The van der Waals surface area contributed by atoms with E-state index >= 15 is 0 Å². The number of hydrogen-bond donors (Lipinski definition) is 2. The van der Waals surface area contributed by atoms with Gasteiger partial charge in [-0.15, -0.1) is 0 Å². The molecule has 0 unspecified atom stereocenters. The third-order valence-corrected chi connectivity index (χ3v) is 2.71. The van der Waals surface area contributed by atoms with Crippen molar-refractivity contribution in [3.63, 3.8) is 0 Å². The van der Waals surface area contributed by atoms with Crippen molar-refractivity contribution in [3.05, 3.63) is 48.0 Å². The minimum absolute atomic E-state index is 0.207. The Bertz CT molecular complexity index is 584. The summed E-state index contributed by atoms with van der Waals surface area (Å²) in [7, 11) is 0. The first-order chi connectivity index (χ1) is 10.3. The summed E-state index contributed by atoms with van der Waals surface area (Å²) in [6.07, 6.45) is 4.95. The first-order valence-electron chi connectivity index (χ1n) is 7.00. The highest BCUT2D eigenvalue weighted by Gasteiger charge is 2.02. The van der Waals surface area contributed by atoms with Crippen LogP contribution in [0.2, 0.25) is 0 Å². The zero-order chi connectivity index (χ0) is 14.9. The number of nitrogens with two attached hydrogens (primary N) is 1. The Morgan fingerprint density at radius 3 is 2.81 bits per heavy atom. The molecule has 3 N–H and O–H groups in total. The fraction of sp³-hybridized carbons (Fsp3) is 0.250. The van der Waals surface area contributed by atoms with Gasteiger partial charge in [0, 0.05) is 12.6 Å². The quantitative estimate of drug-likeness (QED) is 0.817. The minimum Gasteiger partial charge on any atom is -0.473 e. The topological polar surface area (TPSA) is 73.1 Å². The van der Waals surface area contributed by atoms with E-state index in [0.29, 0.717) is 18.3 Å². The summed E-state index contributed by atoms with van der Waals surface area (Å²) in [6.45, 7) is 3.35. The van der Waals surface area contributed by atoms with Gasteiger partial charge in [-0.25, -0.2) is 0 Å². The molecule has 1 aromatic heterocycles. The highest BCUT2D eigenvalue weighted by Crippen LogP contribution is 2.14. The first kappa shape index (κ1) is 14.8. The van der Waals surface area contributed by atoms with E-state index in [4.69, 9.17) is 10.5 Å². The lowest BCUT2D eigenvalue weighted by molar-refractivity contribution is 0.349. The summed E-state index contributed by atoms with van der Waals surface area (Å²) in [4.78, 5) is 8.16. The molecule has 5 nitrogen and oxygen atoms in total. The molecule has 0 saturated carbocycles. The summed E-state index contributed by atoms with van der Waals surface area (Å²) >= 11 is 0. The molecule has 0 fully saturated rings. The Balaban J connectivity index is 1.90. The lowest BCUT2D eigenvalue weighted by atomic mass is 10.2. The third kappa shape index (κ3) is 5.14. The number of nitrogens with zero attached hydrogens (tertiary/aromatic N) is 2. The number of nitrogens with one attached hydrogen (secondary N) is 1. The number of hydrogen-bond acceptors (Lipinski definition) is 5. The van der Waals surface area contributed by atoms with E-state index in [1.807, 2.05) is 42.5 Å². The van der Waals surface area contributed by atoms with E-state index in [2.05, 4.69) is 22.2 Å². The van der Waals surface area contributed by atoms with Crippen molar-refractivity contribution < 1.29 is 4.74 Å². The van der Waals surface area contributed by atoms with Gasteiger partial charge in [-0.2, -0.15) is 9.97 Å². The molecule has 1 heterocycles. The molecule has 0 aliphatic heterocycles. The van der Waals surface area contributed by atoms with Crippen molar-refractivity contribution >= 4 is 17.8 Å². The molecule has 2 rings (SSSR count). The highest BCUT2D eigenvalue weighted by atomic mass is 16.5. The summed E-state index contributed by atoms with van der Waals surface area (Å²) in [5, 5.41) is 3.16. The molecule has 0 saturated heterocycles. The fourth-order valence-corrected chi connectivity index (χ4v) is 1.74. The van der Waals surface area contributed by atoms with Gasteiger partial charge < -0.3 is 15.8 Å². The van der Waals surface area contributed by atoms with Crippen LogP contribution in [0.25, 0.3) is 6.08 Å². The number of anilines is 2. The van der Waals surface area contributed by atoms with E-state index in [1.54, 1.807) is 6.07 Å². The molecule has 0 atom stereocenters. The van der Waals surface area contributed by atoms with Gasteiger partial charge in [0.25, 0.3) is 0 Å². The van der Waals surface area contributed by atoms with Crippen molar-refractivity contribution in [1.82, 2.24) is 9.97 Å². The van der Waals surface area contributed by atoms with Gasteiger partial charge in [0.2, 0.25) is 11.8 Å². The maximum absolute atomic E-state index is 5.67. The first-order valence-corrected chi connectivity index (χ1v) is 7.00. The molecule has 21 heavy (non-hydrogen) atoms. The van der Waals surface area contributed by atoms with E-state index in [1.165, 1.54) is 0 Å². The Labute approximate surface area is 124 Å². The smallest absolute Gasteiger partial charge is 0.225 e. The Hall–Kier alpha value is -2.56. The summed E-state index contributed by atoms with van der Waals surface area (Å²) in [5.74, 6) is 1.36. The monoisotopic (exact) mass is 284 g/mol. The van der Waals surface area contributed by atoms with Crippen molar-refractivity contribution in [1.29, 1.82) is 0 Å². The van der Waals surface area contributed by atoms with Gasteiger partial charge >= 0.3 is 0 Å². The van der Waals surface area contributed by atoms with Gasteiger partial charge in [0.05, 0.1) is 0 Å². The lowest BCUT2D eigenvalue weighted by Crippen LogP contribution is -2.06. The standard InChI is InChI=1S/C16H20N4O/c1-2-10-18-14-12-15(20-16(17)19-14)21-11-6-9-13-7-4-3-5-8-13/h3-9,12H,2,10-11H2,1H3,(H3,17,18,19,20)/b9-6+. The number of nitrogen functional groups attached to an aromatic ring is 1. The number of benzene rings is 1. The number of aromatic nitrogens is 2. The largest absolute Gasteiger partial charge is 0.473 e. The van der Waals surface area contributed by atoms with Gasteiger partial charge in [0.15, 0.2) is 0 Å². The van der Waals surface area contributed by atoms with Crippen molar-refractivity contribution in [3.8, 4) is 5.88 Å². The average molecular weight is 284 g/mol. The summed E-state index contributed by atoms with van der Waals surface area (Å²) in [5.41, 5.74) is 6.80. The van der Waals surface area contributed by atoms with Gasteiger partial charge in [-0.05, 0) is 18.1 Å². The molecule has 0 radical (unpaired) electrons. The molecule has 0 spiro atoms. The zero-order valence-electron chi connectivity index (χ0n) is 12.1. The Morgan fingerprint density at radius 1 is 1.24 bits per heavy atom. The molecule has 5 heteroatoms. The van der Waals surface area contributed by atoms with Crippen LogP contribution in [0.5, 0.6) is 5.88 Å². The van der Waals surface area contributed by atoms with Crippen LogP contribution in [0.15, 0.2) is 42.5 Å². The van der Waals surface area contributed by atoms with Crippen LogP contribution in [0.3, 0.4) is 0 Å². The Kier molecular flexibility index (Phi) is 5.58. The van der Waals surface area contributed by atoms with Crippen LogP contribution in [-0.4, -0.2) is 23.1 Å². The predicted molar refractivity (Wildman–Crippen MR) is 86.2 cm³/mol. The van der Waals surface area contributed by atoms with Crippen LogP contribution in [0.1, 0.15) is 18.9 Å². The molecule has 110 valence electrons. The van der Waals surface area contributed by atoms with Crippen LogP contribution < -0.4 is 15.8 Å². The van der Waals surface area contributed by atoms with Crippen LogP contribution in [0, 0.1) is 0 Å². The SMILES string of the molecule is CCCNc1cc(OC/C=C/c2ccccc2)nc(N)n1.